The van der Waals surface area contributed by atoms with E-state index in [2.05, 4.69) is 20.1 Å². The van der Waals surface area contributed by atoms with E-state index in [1.54, 1.807) is 13.4 Å². The number of rotatable bonds is 8. The Morgan fingerprint density at radius 3 is 2.60 bits per heavy atom. The lowest BCUT2D eigenvalue weighted by Gasteiger charge is -2.37. The normalized spacial score (nSPS) is 18.2. The zero-order valence-electron chi connectivity index (χ0n) is 17.8. The molecule has 0 unspecified atom stereocenters. The van der Waals surface area contributed by atoms with Crippen LogP contribution in [0.4, 0.5) is 0 Å². The van der Waals surface area contributed by atoms with E-state index in [0.29, 0.717) is 46.0 Å². The standard InChI is InChI=1S/C20H33N5O4.HI/c1-27-14-6-22-20(21-5-4-18-3-2-13-29-18)25-9-7-23(8-10-25)17-19(26)24-11-15-28-16-12-24;/h2-3,13H,4-12,14-17H2,1H3,(H,21,22);1H. The van der Waals surface area contributed by atoms with E-state index < -0.39 is 0 Å². The molecule has 3 rings (SSSR count). The Morgan fingerprint density at radius 1 is 1.17 bits per heavy atom. The highest BCUT2D eigenvalue weighted by molar-refractivity contribution is 14.0. The van der Waals surface area contributed by atoms with Gasteiger partial charge in [0.15, 0.2) is 5.96 Å². The van der Waals surface area contributed by atoms with Gasteiger partial charge in [0.25, 0.3) is 0 Å². The molecular weight excluding hydrogens is 501 g/mol. The van der Waals surface area contributed by atoms with Crippen LogP contribution in [-0.2, 0) is 20.7 Å². The molecule has 0 radical (unpaired) electrons. The summed E-state index contributed by atoms with van der Waals surface area (Å²) in [5.74, 6) is 2.06. The third-order valence-electron chi connectivity index (χ3n) is 5.19. The van der Waals surface area contributed by atoms with Gasteiger partial charge in [-0.1, -0.05) is 0 Å². The molecule has 0 aliphatic carbocycles. The fourth-order valence-electron chi connectivity index (χ4n) is 3.48. The Bertz CT molecular complexity index is 629. The van der Waals surface area contributed by atoms with Crippen molar-refractivity contribution in [3.05, 3.63) is 24.2 Å². The number of nitrogens with zero attached hydrogens (tertiary/aromatic N) is 4. The first-order chi connectivity index (χ1) is 14.3. The van der Waals surface area contributed by atoms with Crippen molar-refractivity contribution in [2.24, 2.45) is 4.99 Å². The molecule has 0 aromatic carbocycles. The number of hydrogen-bond donors (Lipinski definition) is 1. The first-order valence-electron chi connectivity index (χ1n) is 10.4. The van der Waals surface area contributed by atoms with Gasteiger partial charge >= 0.3 is 0 Å². The largest absolute Gasteiger partial charge is 0.469 e. The molecule has 9 nitrogen and oxygen atoms in total. The SMILES string of the molecule is COCCN=C(NCCc1ccco1)N1CCN(CC(=O)N2CCOCC2)CC1.I. The minimum atomic E-state index is 0. The van der Waals surface area contributed by atoms with Crippen LogP contribution >= 0.6 is 24.0 Å². The summed E-state index contributed by atoms with van der Waals surface area (Å²) in [4.78, 5) is 23.5. The van der Waals surface area contributed by atoms with Gasteiger partial charge in [0, 0.05) is 59.3 Å². The number of aliphatic imine (C=N–C) groups is 1. The number of nitrogens with one attached hydrogen (secondary N) is 1. The van der Waals surface area contributed by atoms with Crippen LogP contribution in [0.3, 0.4) is 0 Å². The summed E-state index contributed by atoms with van der Waals surface area (Å²) < 4.78 is 15.9. The second-order valence-corrected chi connectivity index (χ2v) is 7.21. The molecule has 2 fully saturated rings. The number of hydrogen-bond acceptors (Lipinski definition) is 6. The molecule has 1 N–H and O–H groups in total. The first kappa shape index (κ1) is 24.9. The van der Waals surface area contributed by atoms with E-state index in [-0.39, 0.29) is 29.9 Å². The van der Waals surface area contributed by atoms with Gasteiger partial charge in [0.1, 0.15) is 5.76 Å². The van der Waals surface area contributed by atoms with Gasteiger partial charge in [0.2, 0.25) is 5.91 Å². The van der Waals surface area contributed by atoms with Crippen LogP contribution in [0.25, 0.3) is 0 Å². The maximum Gasteiger partial charge on any atom is 0.236 e. The first-order valence-corrected chi connectivity index (χ1v) is 10.4. The van der Waals surface area contributed by atoms with Gasteiger partial charge in [-0.2, -0.15) is 0 Å². The van der Waals surface area contributed by atoms with E-state index in [0.717, 1.165) is 50.9 Å². The summed E-state index contributed by atoms with van der Waals surface area (Å²) in [6.07, 6.45) is 2.50. The number of ether oxygens (including phenoxy) is 2. The number of morpholine rings is 1. The van der Waals surface area contributed by atoms with Crippen molar-refractivity contribution in [2.45, 2.75) is 6.42 Å². The number of amides is 1. The number of methoxy groups -OCH3 is 1. The predicted molar refractivity (Wildman–Crippen MR) is 125 cm³/mol. The summed E-state index contributed by atoms with van der Waals surface area (Å²) in [5, 5.41) is 3.45. The highest BCUT2D eigenvalue weighted by Gasteiger charge is 2.24. The van der Waals surface area contributed by atoms with Crippen LogP contribution in [0.2, 0.25) is 0 Å². The minimum absolute atomic E-state index is 0. The summed E-state index contributed by atoms with van der Waals surface area (Å²) in [6, 6.07) is 3.88. The van der Waals surface area contributed by atoms with E-state index in [1.807, 2.05) is 17.0 Å². The second kappa shape index (κ2) is 13.8. The van der Waals surface area contributed by atoms with Crippen molar-refractivity contribution in [1.82, 2.24) is 20.0 Å². The van der Waals surface area contributed by atoms with Crippen molar-refractivity contribution in [1.29, 1.82) is 0 Å². The van der Waals surface area contributed by atoms with Crippen molar-refractivity contribution in [3.63, 3.8) is 0 Å². The van der Waals surface area contributed by atoms with E-state index in [9.17, 15) is 4.79 Å². The Labute approximate surface area is 195 Å². The van der Waals surface area contributed by atoms with Crippen LogP contribution in [-0.4, -0.2) is 112 Å². The summed E-state index contributed by atoms with van der Waals surface area (Å²) in [6.45, 7) is 8.53. The second-order valence-electron chi connectivity index (χ2n) is 7.21. The number of carbonyl (C=O) groups is 1. The average Bonchev–Trinajstić information content (AvgIpc) is 3.27. The highest BCUT2D eigenvalue weighted by Crippen LogP contribution is 2.06. The lowest BCUT2D eigenvalue weighted by Crippen LogP contribution is -2.55. The predicted octanol–water partition coefficient (Wildman–Crippen LogP) is 0.509. The van der Waals surface area contributed by atoms with Gasteiger partial charge in [-0.25, -0.2) is 0 Å². The van der Waals surface area contributed by atoms with Crippen LogP contribution in [0.15, 0.2) is 27.8 Å². The molecule has 30 heavy (non-hydrogen) atoms. The minimum Gasteiger partial charge on any atom is -0.469 e. The zero-order valence-corrected chi connectivity index (χ0v) is 20.1. The molecule has 0 atom stereocenters. The van der Waals surface area contributed by atoms with E-state index in [4.69, 9.17) is 13.9 Å². The topological polar surface area (TPSA) is 82.8 Å². The molecule has 2 aliphatic rings. The zero-order chi connectivity index (χ0) is 20.3. The number of carbonyl (C=O) groups excluding carboxylic acids is 1. The molecule has 10 heteroatoms. The quantitative estimate of drug-likeness (QED) is 0.225. The smallest absolute Gasteiger partial charge is 0.236 e. The molecule has 0 bridgehead atoms. The number of piperazine rings is 1. The Balaban J connectivity index is 0.00000320. The van der Waals surface area contributed by atoms with Crippen molar-refractivity contribution in [3.8, 4) is 0 Å². The lowest BCUT2D eigenvalue weighted by molar-refractivity contribution is -0.136. The third kappa shape index (κ3) is 8.05. The van der Waals surface area contributed by atoms with Crippen LogP contribution < -0.4 is 5.32 Å². The molecular formula is C20H34IN5O4. The van der Waals surface area contributed by atoms with E-state index in [1.165, 1.54) is 0 Å². The molecule has 0 spiro atoms. The van der Waals surface area contributed by atoms with Crippen LogP contribution in [0.5, 0.6) is 0 Å². The molecule has 2 aliphatic heterocycles. The molecule has 1 aromatic heterocycles. The van der Waals surface area contributed by atoms with Gasteiger partial charge < -0.3 is 29.0 Å². The molecule has 170 valence electrons. The van der Waals surface area contributed by atoms with Crippen molar-refractivity contribution in [2.75, 3.05) is 85.8 Å². The van der Waals surface area contributed by atoms with Crippen LogP contribution in [0.1, 0.15) is 5.76 Å². The molecule has 0 saturated carbocycles. The summed E-state index contributed by atoms with van der Waals surface area (Å²) >= 11 is 0. The number of halogens is 1. The Kier molecular flexibility index (Phi) is 11.5. The maximum atomic E-state index is 12.5. The van der Waals surface area contributed by atoms with Crippen LogP contribution in [0, 0.1) is 0 Å². The van der Waals surface area contributed by atoms with Crippen molar-refractivity contribution >= 4 is 35.8 Å². The number of guanidine groups is 1. The lowest BCUT2D eigenvalue weighted by atomic mass is 10.3. The molecule has 1 amide bonds. The molecule has 2 saturated heterocycles. The summed E-state index contributed by atoms with van der Waals surface area (Å²) in [7, 11) is 1.68. The fraction of sp³-hybridized carbons (Fsp3) is 0.700. The molecule has 1 aromatic rings. The Hall–Kier alpha value is -1.37. The summed E-state index contributed by atoms with van der Waals surface area (Å²) in [5.41, 5.74) is 0. The monoisotopic (exact) mass is 535 g/mol. The number of furan rings is 1. The third-order valence-corrected chi connectivity index (χ3v) is 5.19. The van der Waals surface area contributed by atoms with Gasteiger partial charge in [0.05, 0.1) is 39.2 Å². The van der Waals surface area contributed by atoms with E-state index >= 15 is 0 Å². The van der Waals surface area contributed by atoms with Gasteiger partial charge in [-0.05, 0) is 12.1 Å². The van der Waals surface area contributed by atoms with Gasteiger partial charge in [-0.3, -0.25) is 14.7 Å². The molecule has 3 heterocycles. The Morgan fingerprint density at radius 2 is 1.93 bits per heavy atom. The highest BCUT2D eigenvalue weighted by atomic mass is 127. The average molecular weight is 535 g/mol. The van der Waals surface area contributed by atoms with Gasteiger partial charge in [-0.15, -0.1) is 24.0 Å². The fourth-order valence-corrected chi connectivity index (χ4v) is 3.48. The van der Waals surface area contributed by atoms with Crippen molar-refractivity contribution < 1.29 is 18.7 Å². The maximum absolute atomic E-state index is 12.5.